The van der Waals surface area contributed by atoms with Gasteiger partial charge in [0.1, 0.15) is 0 Å². The molecule has 0 aromatic heterocycles. The number of hydrogen-bond acceptors (Lipinski definition) is 2. The first-order valence-electron chi connectivity index (χ1n) is 7.33. The summed E-state index contributed by atoms with van der Waals surface area (Å²) in [6.07, 6.45) is 0.979. The zero-order chi connectivity index (χ0) is 15.0. The molecule has 0 bridgehead atoms. The lowest BCUT2D eigenvalue weighted by Gasteiger charge is -2.27. The molecular weight excluding hydrogens is 309 g/mol. The fraction of sp³-hybridized carbons (Fsp3) is 0.533. The molecule has 3 atom stereocenters. The van der Waals surface area contributed by atoms with Crippen molar-refractivity contribution in [2.75, 3.05) is 25.0 Å². The van der Waals surface area contributed by atoms with Gasteiger partial charge in [-0.3, -0.25) is 0 Å². The highest BCUT2D eigenvalue weighted by atomic mass is 35.5. The van der Waals surface area contributed by atoms with Crippen molar-refractivity contribution in [1.29, 1.82) is 0 Å². The predicted octanol–water partition coefficient (Wildman–Crippen LogP) is 3.46. The molecule has 4 nitrogen and oxygen atoms in total. The van der Waals surface area contributed by atoms with Gasteiger partial charge in [-0.1, -0.05) is 30.1 Å². The van der Waals surface area contributed by atoms with Gasteiger partial charge < -0.3 is 15.5 Å². The average Bonchev–Trinajstić information content (AvgIpc) is 2.96. The molecule has 2 heterocycles. The maximum atomic E-state index is 12.5. The molecule has 3 unspecified atom stereocenters. The van der Waals surface area contributed by atoms with Gasteiger partial charge in [0.05, 0.1) is 0 Å². The van der Waals surface area contributed by atoms with Crippen LogP contribution in [0.25, 0.3) is 0 Å². The van der Waals surface area contributed by atoms with Crippen LogP contribution in [0.3, 0.4) is 0 Å². The van der Waals surface area contributed by atoms with E-state index in [1.807, 2.05) is 4.90 Å². The van der Waals surface area contributed by atoms with E-state index >= 15 is 0 Å². The quantitative estimate of drug-likeness (QED) is 0.873. The van der Waals surface area contributed by atoms with Crippen molar-refractivity contribution in [3.05, 3.63) is 28.2 Å². The minimum atomic E-state index is -0.0606. The zero-order valence-corrected chi connectivity index (χ0v) is 13.4. The third-order valence-electron chi connectivity index (χ3n) is 4.51. The molecule has 2 aliphatic heterocycles. The van der Waals surface area contributed by atoms with E-state index in [2.05, 4.69) is 17.6 Å². The van der Waals surface area contributed by atoms with Gasteiger partial charge in [-0.15, -0.1) is 0 Å². The number of carbonyl (C=O) groups is 1. The van der Waals surface area contributed by atoms with Gasteiger partial charge in [0.2, 0.25) is 0 Å². The number of nitrogens with zero attached hydrogens (tertiary/aromatic N) is 1. The van der Waals surface area contributed by atoms with Crippen LogP contribution in [0.2, 0.25) is 10.0 Å². The second-order valence-corrected chi connectivity index (χ2v) is 6.67. The van der Waals surface area contributed by atoms with E-state index in [1.165, 1.54) is 0 Å². The Labute approximate surface area is 134 Å². The molecule has 1 aromatic rings. The Hall–Kier alpha value is -0.970. The average molecular weight is 328 g/mol. The number of carbonyl (C=O) groups excluding carboxylic acids is 1. The minimum Gasteiger partial charge on any atom is -0.321 e. The molecule has 2 amide bonds. The molecule has 0 aliphatic carbocycles. The van der Waals surface area contributed by atoms with Crippen molar-refractivity contribution in [3.63, 3.8) is 0 Å². The molecule has 0 spiro atoms. The SMILES string of the molecule is CCC1C2CNCC2CN1C(=O)Nc1cc(Cl)cc(Cl)c1. The van der Waals surface area contributed by atoms with Gasteiger partial charge in [0.15, 0.2) is 0 Å². The van der Waals surface area contributed by atoms with Gasteiger partial charge in [-0.2, -0.15) is 0 Å². The molecule has 2 aliphatic rings. The summed E-state index contributed by atoms with van der Waals surface area (Å²) in [6.45, 7) is 4.97. The number of fused-ring (bicyclic) bond motifs is 1. The number of anilines is 1. The van der Waals surface area contributed by atoms with Crippen LogP contribution in [-0.4, -0.2) is 36.6 Å². The normalized spacial score (nSPS) is 27.8. The molecule has 6 heteroatoms. The number of nitrogens with one attached hydrogen (secondary N) is 2. The third-order valence-corrected chi connectivity index (χ3v) is 4.95. The second-order valence-electron chi connectivity index (χ2n) is 5.80. The van der Waals surface area contributed by atoms with Gasteiger partial charge in [-0.25, -0.2) is 4.79 Å². The summed E-state index contributed by atoms with van der Waals surface area (Å²) in [5, 5.41) is 7.38. The molecule has 2 fully saturated rings. The van der Waals surface area contributed by atoms with E-state index in [1.54, 1.807) is 18.2 Å². The number of amides is 2. The van der Waals surface area contributed by atoms with Crippen molar-refractivity contribution in [2.45, 2.75) is 19.4 Å². The molecule has 114 valence electrons. The number of likely N-dealkylation sites (tertiary alicyclic amines) is 1. The Balaban J connectivity index is 1.73. The standard InChI is InChI=1S/C15H19Cl2N3O/c1-2-14-13-7-18-6-9(13)8-20(14)15(21)19-12-4-10(16)3-11(17)5-12/h3-5,9,13-14,18H,2,6-8H2,1H3,(H,19,21). The van der Waals surface area contributed by atoms with Crippen molar-refractivity contribution < 1.29 is 4.79 Å². The molecule has 0 radical (unpaired) electrons. The van der Waals surface area contributed by atoms with E-state index in [9.17, 15) is 4.79 Å². The Morgan fingerprint density at radius 3 is 2.71 bits per heavy atom. The van der Waals surface area contributed by atoms with Crippen LogP contribution in [-0.2, 0) is 0 Å². The first-order valence-corrected chi connectivity index (χ1v) is 8.08. The van der Waals surface area contributed by atoms with Crippen LogP contribution in [0.15, 0.2) is 18.2 Å². The highest BCUT2D eigenvalue weighted by molar-refractivity contribution is 6.35. The van der Waals surface area contributed by atoms with E-state index in [-0.39, 0.29) is 6.03 Å². The van der Waals surface area contributed by atoms with Gasteiger partial charge in [0, 0.05) is 41.4 Å². The van der Waals surface area contributed by atoms with Gasteiger partial charge in [-0.05, 0) is 36.5 Å². The van der Waals surface area contributed by atoms with Crippen LogP contribution >= 0.6 is 23.2 Å². The summed E-state index contributed by atoms with van der Waals surface area (Å²) in [7, 11) is 0. The molecule has 1 aromatic carbocycles. The van der Waals surface area contributed by atoms with Gasteiger partial charge >= 0.3 is 6.03 Å². The molecule has 2 N–H and O–H groups in total. The largest absolute Gasteiger partial charge is 0.322 e. The Morgan fingerprint density at radius 1 is 1.33 bits per heavy atom. The van der Waals surface area contributed by atoms with Crippen molar-refractivity contribution in [3.8, 4) is 0 Å². The monoisotopic (exact) mass is 327 g/mol. The summed E-state index contributed by atoms with van der Waals surface area (Å²) in [4.78, 5) is 14.5. The maximum Gasteiger partial charge on any atom is 0.322 e. The number of hydrogen-bond donors (Lipinski definition) is 2. The second kappa shape index (κ2) is 6.03. The lowest BCUT2D eigenvalue weighted by Crippen LogP contribution is -2.42. The fourth-order valence-electron chi connectivity index (χ4n) is 3.60. The molecule has 2 saturated heterocycles. The lowest BCUT2D eigenvalue weighted by atomic mass is 9.93. The minimum absolute atomic E-state index is 0.0606. The Morgan fingerprint density at radius 2 is 2.05 bits per heavy atom. The smallest absolute Gasteiger partial charge is 0.321 e. The van der Waals surface area contributed by atoms with E-state index in [0.717, 1.165) is 26.1 Å². The number of urea groups is 1. The summed E-state index contributed by atoms with van der Waals surface area (Å²) in [5.74, 6) is 1.15. The maximum absolute atomic E-state index is 12.5. The Kier molecular flexibility index (Phi) is 4.29. The van der Waals surface area contributed by atoms with Crippen LogP contribution in [0.5, 0.6) is 0 Å². The van der Waals surface area contributed by atoms with E-state index in [0.29, 0.717) is 33.6 Å². The number of benzene rings is 1. The Bertz CT molecular complexity index is 531. The summed E-state index contributed by atoms with van der Waals surface area (Å²) < 4.78 is 0. The number of rotatable bonds is 2. The highest BCUT2D eigenvalue weighted by Crippen LogP contribution is 2.34. The summed E-state index contributed by atoms with van der Waals surface area (Å²) >= 11 is 11.9. The molecular formula is C15H19Cl2N3O. The summed E-state index contributed by atoms with van der Waals surface area (Å²) in [6, 6.07) is 5.32. The predicted molar refractivity (Wildman–Crippen MR) is 86.1 cm³/mol. The highest BCUT2D eigenvalue weighted by Gasteiger charge is 2.45. The van der Waals surface area contributed by atoms with Crippen LogP contribution in [0.4, 0.5) is 10.5 Å². The first-order chi connectivity index (χ1) is 10.1. The fourth-order valence-corrected chi connectivity index (χ4v) is 4.13. The van der Waals surface area contributed by atoms with Crippen molar-refractivity contribution >= 4 is 34.9 Å². The van der Waals surface area contributed by atoms with Crippen molar-refractivity contribution in [2.24, 2.45) is 11.8 Å². The van der Waals surface area contributed by atoms with E-state index < -0.39 is 0 Å². The van der Waals surface area contributed by atoms with Crippen LogP contribution < -0.4 is 10.6 Å². The molecule has 21 heavy (non-hydrogen) atoms. The van der Waals surface area contributed by atoms with Crippen LogP contribution in [0.1, 0.15) is 13.3 Å². The van der Waals surface area contributed by atoms with Gasteiger partial charge in [0.25, 0.3) is 0 Å². The zero-order valence-electron chi connectivity index (χ0n) is 11.9. The molecule has 0 saturated carbocycles. The van der Waals surface area contributed by atoms with Crippen molar-refractivity contribution in [1.82, 2.24) is 10.2 Å². The van der Waals surface area contributed by atoms with Crippen LogP contribution in [0, 0.1) is 11.8 Å². The topological polar surface area (TPSA) is 44.4 Å². The third kappa shape index (κ3) is 2.98. The van der Waals surface area contributed by atoms with E-state index in [4.69, 9.17) is 23.2 Å². The molecule has 3 rings (SSSR count). The first kappa shape index (κ1) is 14.9. The summed E-state index contributed by atoms with van der Waals surface area (Å²) in [5.41, 5.74) is 0.641. The lowest BCUT2D eigenvalue weighted by molar-refractivity contribution is 0.196. The number of halogens is 2.